The number of ether oxygens (including phenoxy) is 2. The second-order valence-electron chi connectivity index (χ2n) is 9.10. The van der Waals surface area contributed by atoms with E-state index < -0.39 is 0 Å². The van der Waals surface area contributed by atoms with Gasteiger partial charge in [-0.3, -0.25) is 0 Å². The molecule has 2 heterocycles. The minimum Gasteiger partial charge on any atom is -0.378 e. The number of hydrogen-bond donors (Lipinski definition) is 0. The zero-order valence-corrected chi connectivity index (χ0v) is 18.7. The van der Waals surface area contributed by atoms with Crippen LogP contribution in [0.15, 0.2) is 53.1 Å². The number of morpholine rings is 2. The van der Waals surface area contributed by atoms with Gasteiger partial charge in [-0.05, 0) is 54.5 Å². The Kier molecular flexibility index (Phi) is 6.66. The highest BCUT2D eigenvalue weighted by atomic mass is 16.5. The monoisotopic (exact) mass is 419 g/mol. The molecule has 5 rings (SSSR count). The first-order chi connectivity index (χ1) is 15.3. The Morgan fingerprint density at radius 1 is 0.742 bits per heavy atom. The summed E-state index contributed by atoms with van der Waals surface area (Å²) in [4.78, 5) is 2.41. The maximum atomic E-state index is 5.50. The van der Waals surface area contributed by atoms with Gasteiger partial charge < -0.3 is 14.4 Å². The van der Waals surface area contributed by atoms with Gasteiger partial charge in [-0.1, -0.05) is 35.9 Å². The van der Waals surface area contributed by atoms with Gasteiger partial charge in [-0.15, -0.1) is 0 Å². The molecule has 1 saturated carbocycles. The molecule has 2 aliphatic heterocycles. The van der Waals surface area contributed by atoms with E-state index in [0.717, 1.165) is 59.0 Å². The number of hydrogen-bond acceptors (Lipinski definition) is 3. The maximum absolute atomic E-state index is 5.50. The van der Waals surface area contributed by atoms with E-state index in [0.29, 0.717) is 0 Å². The normalized spacial score (nSPS) is 24.0. The molecule has 0 bridgehead atoms. The van der Waals surface area contributed by atoms with Gasteiger partial charge in [-0.25, -0.2) is 4.58 Å². The molecular formula is C27H35N2O2+. The summed E-state index contributed by atoms with van der Waals surface area (Å²) in [5.74, 6) is 0. The summed E-state index contributed by atoms with van der Waals surface area (Å²) in [7, 11) is 0. The lowest BCUT2D eigenvalue weighted by molar-refractivity contribution is -0.551. The smallest absolute Gasteiger partial charge is 0.166 e. The first kappa shape index (κ1) is 20.7. The summed E-state index contributed by atoms with van der Waals surface area (Å²) in [5, 5.41) is 0. The van der Waals surface area contributed by atoms with Crippen LogP contribution in [-0.4, -0.2) is 62.9 Å². The molecule has 0 radical (unpaired) electrons. The Hall–Kier alpha value is -2.17. The van der Waals surface area contributed by atoms with Crippen molar-refractivity contribution in [2.24, 2.45) is 0 Å². The van der Waals surface area contributed by atoms with E-state index in [2.05, 4.69) is 52.0 Å². The summed E-state index contributed by atoms with van der Waals surface area (Å²) in [6.07, 6.45) is 14.5. The molecule has 2 aliphatic carbocycles. The quantitative estimate of drug-likeness (QED) is 0.669. The molecule has 0 aromatic heterocycles. The highest BCUT2D eigenvalue weighted by molar-refractivity contribution is 5.81. The average Bonchev–Trinajstić information content (AvgIpc) is 3.28. The van der Waals surface area contributed by atoms with Crippen molar-refractivity contribution in [2.45, 2.75) is 38.5 Å². The van der Waals surface area contributed by atoms with Gasteiger partial charge in [-0.2, -0.15) is 0 Å². The van der Waals surface area contributed by atoms with Gasteiger partial charge >= 0.3 is 0 Å². The Labute approximate surface area is 186 Å². The van der Waals surface area contributed by atoms with Gasteiger partial charge in [0.25, 0.3) is 0 Å². The van der Waals surface area contributed by atoms with E-state index in [1.165, 1.54) is 54.5 Å². The Morgan fingerprint density at radius 3 is 2.19 bits per heavy atom. The van der Waals surface area contributed by atoms with Crippen molar-refractivity contribution < 1.29 is 14.0 Å². The molecular weight excluding hydrogens is 384 g/mol. The highest BCUT2D eigenvalue weighted by Gasteiger charge is 2.22. The Balaban J connectivity index is 1.19. The number of rotatable bonds is 3. The van der Waals surface area contributed by atoms with Gasteiger partial charge in [0, 0.05) is 31.6 Å². The SMILES string of the molecule is C1=C(C=C2CCC(=[N+]3CCOCC3)CC2)CC/C1=C\c1ccc(N2CCOCC2)cc1. The van der Waals surface area contributed by atoms with Crippen molar-refractivity contribution >= 4 is 17.5 Å². The van der Waals surface area contributed by atoms with E-state index in [1.807, 2.05) is 0 Å². The largest absolute Gasteiger partial charge is 0.378 e. The fraction of sp³-hybridized carbons (Fsp3) is 0.519. The molecule has 31 heavy (non-hydrogen) atoms. The molecule has 4 heteroatoms. The molecule has 2 saturated heterocycles. The van der Waals surface area contributed by atoms with Crippen molar-refractivity contribution in [3.05, 3.63) is 58.7 Å². The van der Waals surface area contributed by atoms with E-state index in [4.69, 9.17) is 9.47 Å². The van der Waals surface area contributed by atoms with Crippen LogP contribution in [0, 0.1) is 0 Å². The third kappa shape index (κ3) is 5.36. The van der Waals surface area contributed by atoms with Gasteiger partial charge in [0.2, 0.25) is 0 Å². The third-order valence-corrected chi connectivity index (χ3v) is 7.01. The second kappa shape index (κ2) is 9.97. The van der Waals surface area contributed by atoms with Crippen LogP contribution in [0.4, 0.5) is 5.69 Å². The van der Waals surface area contributed by atoms with Crippen molar-refractivity contribution in [1.82, 2.24) is 0 Å². The zero-order valence-electron chi connectivity index (χ0n) is 18.7. The minimum absolute atomic E-state index is 0.835. The lowest BCUT2D eigenvalue weighted by Gasteiger charge is -2.28. The first-order valence-electron chi connectivity index (χ1n) is 12.0. The molecule has 3 fully saturated rings. The maximum Gasteiger partial charge on any atom is 0.166 e. The molecule has 164 valence electrons. The fourth-order valence-electron chi connectivity index (χ4n) is 5.18. The Bertz CT molecular complexity index is 882. The molecule has 4 aliphatic rings. The average molecular weight is 420 g/mol. The predicted molar refractivity (Wildman–Crippen MR) is 127 cm³/mol. The van der Waals surface area contributed by atoms with Crippen molar-refractivity contribution in [3.8, 4) is 0 Å². The lowest BCUT2D eigenvalue weighted by atomic mass is 9.91. The van der Waals surface area contributed by atoms with Crippen LogP contribution in [0.5, 0.6) is 0 Å². The Morgan fingerprint density at radius 2 is 1.45 bits per heavy atom. The van der Waals surface area contributed by atoms with Gasteiger partial charge in [0.05, 0.1) is 13.2 Å². The van der Waals surface area contributed by atoms with Crippen LogP contribution >= 0.6 is 0 Å². The predicted octanol–water partition coefficient (Wildman–Crippen LogP) is 4.61. The molecule has 0 spiro atoms. The van der Waals surface area contributed by atoms with Crippen molar-refractivity contribution in [2.75, 3.05) is 57.5 Å². The highest BCUT2D eigenvalue weighted by Crippen LogP contribution is 2.30. The van der Waals surface area contributed by atoms with E-state index in [9.17, 15) is 0 Å². The van der Waals surface area contributed by atoms with E-state index in [-0.39, 0.29) is 0 Å². The molecule has 1 aromatic rings. The molecule has 0 unspecified atom stereocenters. The summed E-state index contributed by atoms with van der Waals surface area (Å²) in [6, 6.07) is 9.02. The first-order valence-corrected chi connectivity index (χ1v) is 12.0. The van der Waals surface area contributed by atoms with Crippen molar-refractivity contribution in [3.63, 3.8) is 0 Å². The van der Waals surface area contributed by atoms with E-state index in [1.54, 1.807) is 11.3 Å². The standard InChI is InChI=1S/C27H35N2O2/c1-2-25(20-23-5-9-27(10-6-23)29-13-17-31-18-14-29)21-24(1)19-22-3-7-26(8-4-22)28-11-15-30-16-12-28/h3-4,7-8,19-21H,1-2,5-6,9-18H2/q+1/b24-19+. The fourth-order valence-corrected chi connectivity index (χ4v) is 5.18. The molecule has 0 N–H and O–H groups in total. The summed E-state index contributed by atoms with van der Waals surface area (Å²) in [5.41, 5.74) is 8.88. The van der Waals surface area contributed by atoms with E-state index >= 15 is 0 Å². The second-order valence-corrected chi connectivity index (χ2v) is 9.10. The number of anilines is 1. The van der Waals surface area contributed by atoms with Gasteiger partial charge in [0.1, 0.15) is 13.2 Å². The van der Waals surface area contributed by atoms with Crippen molar-refractivity contribution in [1.29, 1.82) is 0 Å². The number of nitrogens with zero attached hydrogens (tertiary/aromatic N) is 2. The van der Waals surface area contributed by atoms with Crippen LogP contribution in [0.25, 0.3) is 6.08 Å². The van der Waals surface area contributed by atoms with Gasteiger partial charge in [0.15, 0.2) is 18.8 Å². The van der Waals surface area contributed by atoms with Crippen LogP contribution < -0.4 is 4.90 Å². The summed E-state index contributed by atoms with van der Waals surface area (Å²) >= 11 is 0. The van der Waals surface area contributed by atoms with Crippen LogP contribution in [0.2, 0.25) is 0 Å². The molecule has 1 aromatic carbocycles. The van der Waals surface area contributed by atoms with Crippen LogP contribution in [0.3, 0.4) is 0 Å². The topological polar surface area (TPSA) is 24.7 Å². The number of benzene rings is 1. The summed E-state index contributed by atoms with van der Waals surface area (Å²) < 4.78 is 13.5. The van der Waals surface area contributed by atoms with Crippen LogP contribution in [-0.2, 0) is 9.47 Å². The lowest BCUT2D eigenvalue weighted by Crippen LogP contribution is -2.36. The minimum atomic E-state index is 0.835. The molecule has 0 amide bonds. The summed E-state index contributed by atoms with van der Waals surface area (Å²) in [6.45, 7) is 7.61. The zero-order chi connectivity index (χ0) is 20.9. The number of allylic oxidation sites excluding steroid dienone is 5. The molecule has 0 atom stereocenters. The van der Waals surface area contributed by atoms with Crippen LogP contribution in [0.1, 0.15) is 44.1 Å². The molecule has 4 nitrogen and oxygen atoms in total. The third-order valence-electron chi connectivity index (χ3n) is 7.01.